The van der Waals surface area contributed by atoms with Gasteiger partial charge in [-0.1, -0.05) is 43.7 Å². The highest BCUT2D eigenvalue weighted by Crippen LogP contribution is 2.30. The van der Waals surface area contributed by atoms with E-state index in [1.807, 2.05) is 6.07 Å². The van der Waals surface area contributed by atoms with Gasteiger partial charge in [0.25, 0.3) is 0 Å². The van der Waals surface area contributed by atoms with E-state index in [2.05, 4.69) is 31.2 Å². The average Bonchev–Trinajstić information content (AvgIpc) is 2.51. The molecule has 0 heterocycles. The van der Waals surface area contributed by atoms with Crippen LogP contribution in [0.3, 0.4) is 0 Å². The normalized spacial score (nSPS) is 10.5. The van der Waals surface area contributed by atoms with E-state index in [-0.39, 0.29) is 5.75 Å². The minimum absolute atomic E-state index is 0.0284. The van der Waals surface area contributed by atoms with E-state index < -0.39 is 0 Å². The topological polar surface area (TPSA) is 37.3 Å². The number of aldehydes is 1. The number of benzene rings is 2. The molecule has 0 saturated carbocycles. The Morgan fingerprint density at radius 1 is 1.05 bits per heavy atom. The van der Waals surface area contributed by atoms with Crippen LogP contribution in [0.15, 0.2) is 52.3 Å². The van der Waals surface area contributed by atoms with Crippen LogP contribution >= 0.6 is 11.8 Å². The fourth-order valence-electron chi connectivity index (χ4n) is 2.13. The summed E-state index contributed by atoms with van der Waals surface area (Å²) in [6, 6.07) is 13.6. The number of hydrogen-bond acceptors (Lipinski definition) is 3. The third-order valence-corrected chi connectivity index (χ3v) is 4.35. The molecule has 21 heavy (non-hydrogen) atoms. The Hall–Kier alpha value is -1.74. The predicted molar refractivity (Wildman–Crippen MR) is 87.3 cm³/mol. The molecule has 0 aliphatic heterocycles. The molecule has 0 atom stereocenters. The van der Waals surface area contributed by atoms with Gasteiger partial charge in [-0.25, -0.2) is 0 Å². The zero-order valence-corrected chi connectivity index (χ0v) is 13.0. The lowest BCUT2D eigenvalue weighted by molar-refractivity contribution is 0.112. The van der Waals surface area contributed by atoms with Gasteiger partial charge in [-0.15, -0.1) is 0 Å². The van der Waals surface area contributed by atoms with Gasteiger partial charge in [-0.3, -0.25) is 4.79 Å². The zero-order chi connectivity index (χ0) is 15.1. The molecular weight excluding hydrogens is 280 g/mol. The second-order valence-electron chi connectivity index (χ2n) is 5.04. The lowest BCUT2D eigenvalue weighted by Crippen LogP contribution is -1.85. The maximum absolute atomic E-state index is 10.8. The van der Waals surface area contributed by atoms with Crippen molar-refractivity contribution in [3.05, 3.63) is 53.6 Å². The Bertz CT molecular complexity index is 591. The Morgan fingerprint density at radius 2 is 1.76 bits per heavy atom. The number of aryl methyl sites for hydroxylation is 1. The van der Waals surface area contributed by atoms with E-state index in [0.29, 0.717) is 11.8 Å². The molecular formula is C18H20O2S. The molecule has 2 rings (SSSR count). The van der Waals surface area contributed by atoms with Crippen LogP contribution in [0.5, 0.6) is 5.75 Å². The van der Waals surface area contributed by atoms with Gasteiger partial charge in [0.1, 0.15) is 5.75 Å². The minimum Gasteiger partial charge on any atom is -0.507 e. The number of aromatic hydroxyl groups is 1. The van der Waals surface area contributed by atoms with Crippen LogP contribution in [0.1, 0.15) is 42.1 Å². The first-order valence-electron chi connectivity index (χ1n) is 7.28. The minimum atomic E-state index is 0.0284. The van der Waals surface area contributed by atoms with Gasteiger partial charge < -0.3 is 5.11 Å². The summed E-state index contributed by atoms with van der Waals surface area (Å²) < 4.78 is 0. The number of unbranched alkanes of at least 4 members (excludes halogenated alkanes) is 2. The molecule has 110 valence electrons. The molecule has 0 aliphatic rings. The molecule has 0 aliphatic carbocycles. The summed E-state index contributed by atoms with van der Waals surface area (Å²) in [4.78, 5) is 12.9. The maximum Gasteiger partial charge on any atom is 0.153 e. The molecule has 3 heteroatoms. The molecule has 0 unspecified atom stereocenters. The Morgan fingerprint density at radius 3 is 2.43 bits per heavy atom. The Balaban J connectivity index is 2.01. The number of carbonyl (C=O) groups excluding carboxylic acids is 1. The monoisotopic (exact) mass is 300 g/mol. The third-order valence-electron chi connectivity index (χ3n) is 3.35. The summed E-state index contributed by atoms with van der Waals surface area (Å²) in [5.74, 6) is 0.0284. The quantitative estimate of drug-likeness (QED) is 0.571. The first-order valence-corrected chi connectivity index (χ1v) is 8.09. The molecule has 0 saturated heterocycles. The second-order valence-corrected chi connectivity index (χ2v) is 6.19. The highest BCUT2D eigenvalue weighted by Gasteiger charge is 2.03. The van der Waals surface area contributed by atoms with Crippen molar-refractivity contribution in [2.45, 2.75) is 42.4 Å². The highest BCUT2D eigenvalue weighted by molar-refractivity contribution is 7.99. The van der Waals surface area contributed by atoms with Crippen LogP contribution in [0.25, 0.3) is 0 Å². The molecule has 0 bridgehead atoms. The van der Waals surface area contributed by atoms with Crippen molar-refractivity contribution in [3.8, 4) is 5.75 Å². The van der Waals surface area contributed by atoms with E-state index in [1.165, 1.54) is 24.8 Å². The van der Waals surface area contributed by atoms with Crippen molar-refractivity contribution in [2.75, 3.05) is 0 Å². The van der Waals surface area contributed by atoms with Crippen molar-refractivity contribution < 1.29 is 9.90 Å². The summed E-state index contributed by atoms with van der Waals surface area (Å²) in [6.45, 7) is 2.21. The van der Waals surface area contributed by atoms with Crippen LogP contribution in [0.4, 0.5) is 0 Å². The standard InChI is InChI=1S/C18H20O2S/c1-2-3-4-5-14-6-8-16(9-7-14)21-17-10-11-18(20)15(12-17)13-19/h6-13,20H,2-5H2,1H3. The van der Waals surface area contributed by atoms with Gasteiger partial charge in [-0.2, -0.15) is 0 Å². The van der Waals surface area contributed by atoms with E-state index >= 15 is 0 Å². The zero-order valence-electron chi connectivity index (χ0n) is 12.2. The maximum atomic E-state index is 10.8. The largest absolute Gasteiger partial charge is 0.507 e. The van der Waals surface area contributed by atoms with Crippen molar-refractivity contribution in [1.82, 2.24) is 0 Å². The third kappa shape index (κ3) is 4.64. The fraction of sp³-hybridized carbons (Fsp3) is 0.278. The number of rotatable bonds is 7. The predicted octanol–water partition coefficient (Wildman–Crippen LogP) is 5.09. The lowest BCUT2D eigenvalue weighted by atomic mass is 10.1. The summed E-state index contributed by atoms with van der Waals surface area (Å²) in [5.41, 5.74) is 1.70. The summed E-state index contributed by atoms with van der Waals surface area (Å²) in [6.07, 6.45) is 5.57. The number of carbonyl (C=O) groups is 1. The molecule has 2 aromatic rings. The molecule has 2 nitrogen and oxygen atoms in total. The van der Waals surface area contributed by atoms with Crippen molar-refractivity contribution in [3.63, 3.8) is 0 Å². The Labute approximate surface area is 130 Å². The van der Waals surface area contributed by atoms with Gasteiger partial charge in [0.05, 0.1) is 5.56 Å². The number of phenolic OH excluding ortho intramolecular Hbond substituents is 1. The highest BCUT2D eigenvalue weighted by atomic mass is 32.2. The van der Waals surface area contributed by atoms with Crippen LogP contribution in [-0.2, 0) is 6.42 Å². The van der Waals surface area contributed by atoms with E-state index in [1.54, 1.807) is 23.9 Å². The molecule has 1 N–H and O–H groups in total. The van der Waals surface area contributed by atoms with E-state index in [9.17, 15) is 9.90 Å². The van der Waals surface area contributed by atoms with Gasteiger partial charge in [0, 0.05) is 9.79 Å². The molecule has 0 aromatic heterocycles. The van der Waals surface area contributed by atoms with Crippen LogP contribution in [0, 0.1) is 0 Å². The van der Waals surface area contributed by atoms with Crippen molar-refractivity contribution in [2.24, 2.45) is 0 Å². The van der Waals surface area contributed by atoms with Crippen molar-refractivity contribution in [1.29, 1.82) is 0 Å². The summed E-state index contributed by atoms with van der Waals surface area (Å²) in [7, 11) is 0. The Kier molecular flexibility index (Phi) is 5.88. The van der Waals surface area contributed by atoms with Gasteiger partial charge in [0.15, 0.2) is 6.29 Å². The molecule has 0 fully saturated rings. The molecule has 0 amide bonds. The van der Waals surface area contributed by atoms with Crippen LogP contribution in [-0.4, -0.2) is 11.4 Å². The average molecular weight is 300 g/mol. The number of phenols is 1. The van der Waals surface area contributed by atoms with Crippen molar-refractivity contribution >= 4 is 18.0 Å². The van der Waals surface area contributed by atoms with E-state index in [0.717, 1.165) is 16.2 Å². The molecule has 0 spiro atoms. The first kappa shape index (κ1) is 15.6. The summed E-state index contributed by atoms with van der Waals surface area (Å²) in [5, 5.41) is 9.50. The molecule has 2 aromatic carbocycles. The van der Waals surface area contributed by atoms with Gasteiger partial charge in [-0.05, 0) is 48.7 Å². The lowest BCUT2D eigenvalue weighted by Gasteiger charge is -2.05. The fourth-order valence-corrected chi connectivity index (χ4v) is 3.00. The van der Waals surface area contributed by atoms with Gasteiger partial charge in [0.2, 0.25) is 0 Å². The van der Waals surface area contributed by atoms with E-state index in [4.69, 9.17) is 0 Å². The second kappa shape index (κ2) is 7.89. The number of hydrogen-bond donors (Lipinski definition) is 1. The summed E-state index contributed by atoms with van der Waals surface area (Å²) >= 11 is 1.59. The van der Waals surface area contributed by atoms with Gasteiger partial charge >= 0.3 is 0 Å². The smallest absolute Gasteiger partial charge is 0.153 e. The van der Waals surface area contributed by atoms with Crippen LogP contribution < -0.4 is 0 Å². The molecule has 0 radical (unpaired) electrons. The van der Waals surface area contributed by atoms with Crippen LogP contribution in [0.2, 0.25) is 0 Å². The first-order chi connectivity index (χ1) is 10.2. The SMILES string of the molecule is CCCCCc1ccc(Sc2ccc(O)c(C=O)c2)cc1.